The number of hydrogen-bond donors (Lipinski definition) is 1. The van der Waals surface area contributed by atoms with Crippen molar-refractivity contribution >= 4 is 26.5 Å². The molecule has 6 heteroatoms. The van der Waals surface area contributed by atoms with Crippen LogP contribution in [0.5, 0.6) is 0 Å². The maximum atomic E-state index is 13.6. The van der Waals surface area contributed by atoms with Crippen molar-refractivity contribution in [2.45, 2.75) is 23.8 Å². The molecule has 1 aliphatic rings. The number of nitrogens with zero attached hydrogens (tertiary/aromatic N) is 2. The monoisotopic (exact) mass is 410 g/mol. The highest BCUT2D eigenvalue weighted by molar-refractivity contribution is 7.92. The second-order valence-corrected chi connectivity index (χ2v) is 9.40. The van der Waals surface area contributed by atoms with Crippen LogP contribution < -0.4 is 4.31 Å². The van der Waals surface area contributed by atoms with Gasteiger partial charge in [-0.15, -0.1) is 0 Å². The van der Waals surface area contributed by atoms with Gasteiger partial charge in [0.05, 0.1) is 23.2 Å². The lowest BCUT2D eigenvalue weighted by molar-refractivity contribution is 0.132. The summed E-state index contributed by atoms with van der Waals surface area (Å²) in [5, 5.41) is 12.5. The lowest BCUT2D eigenvalue weighted by Gasteiger charge is -2.28. The van der Waals surface area contributed by atoms with Gasteiger partial charge >= 0.3 is 0 Å². The number of rotatable bonds is 7. The number of aliphatic hydroxyl groups excluding tert-OH is 1. The molecular formula is C23H26N2O3S. The predicted molar refractivity (Wildman–Crippen MR) is 117 cm³/mol. The van der Waals surface area contributed by atoms with Crippen molar-refractivity contribution in [3.63, 3.8) is 0 Å². The molecule has 152 valence electrons. The molecule has 0 aromatic heterocycles. The van der Waals surface area contributed by atoms with E-state index in [2.05, 4.69) is 4.90 Å². The Balaban J connectivity index is 1.66. The van der Waals surface area contributed by atoms with Gasteiger partial charge in [0, 0.05) is 6.54 Å². The molecule has 1 atom stereocenters. The van der Waals surface area contributed by atoms with Crippen molar-refractivity contribution in [2.24, 2.45) is 0 Å². The summed E-state index contributed by atoms with van der Waals surface area (Å²) < 4.78 is 28.4. The van der Waals surface area contributed by atoms with Gasteiger partial charge < -0.3 is 10.0 Å². The average molecular weight is 411 g/mol. The van der Waals surface area contributed by atoms with Gasteiger partial charge in [0.2, 0.25) is 0 Å². The molecule has 29 heavy (non-hydrogen) atoms. The van der Waals surface area contributed by atoms with Crippen LogP contribution >= 0.6 is 0 Å². The number of fused-ring (bicyclic) bond motifs is 1. The Kier molecular flexibility index (Phi) is 5.85. The SMILES string of the molecule is O=S(=O)(c1ccc2ccccc2c1)N(CC(O)CN1CCCC1)c1ccccc1. The van der Waals surface area contributed by atoms with Crippen LogP contribution in [0.4, 0.5) is 5.69 Å². The molecule has 1 heterocycles. The first-order valence-electron chi connectivity index (χ1n) is 10.0. The highest BCUT2D eigenvalue weighted by Crippen LogP contribution is 2.26. The molecule has 0 bridgehead atoms. The second-order valence-electron chi connectivity index (χ2n) is 7.54. The Morgan fingerprint density at radius 3 is 2.28 bits per heavy atom. The number of hydrogen-bond acceptors (Lipinski definition) is 4. The number of anilines is 1. The van der Waals surface area contributed by atoms with Crippen LogP contribution in [0, 0.1) is 0 Å². The number of sulfonamides is 1. The summed E-state index contributed by atoms with van der Waals surface area (Å²) in [5.74, 6) is 0. The minimum Gasteiger partial charge on any atom is -0.390 e. The van der Waals surface area contributed by atoms with E-state index in [1.165, 1.54) is 4.31 Å². The van der Waals surface area contributed by atoms with Crippen molar-refractivity contribution in [3.05, 3.63) is 72.8 Å². The fraction of sp³-hybridized carbons (Fsp3) is 0.304. The third-order valence-electron chi connectivity index (χ3n) is 5.40. The predicted octanol–water partition coefficient (Wildman–Crippen LogP) is 3.49. The third kappa shape index (κ3) is 4.45. The first kappa shape index (κ1) is 19.9. The summed E-state index contributed by atoms with van der Waals surface area (Å²) in [6.07, 6.45) is 1.50. The van der Waals surface area contributed by atoms with Crippen LogP contribution in [0.15, 0.2) is 77.7 Å². The number of likely N-dealkylation sites (tertiary alicyclic amines) is 1. The number of benzene rings is 3. The highest BCUT2D eigenvalue weighted by Gasteiger charge is 2.28. The molecule has 4 rings (SSSR count). The standard InChI is InChI=1S/C23H26N2O3S/c26-22(17-24-14-6-7-15-24)18-25(21-10-2-1-3-11-21)29(27,28)23-13-12-19-8-4-5-9-20(19)16-23/h1-5,8-13,16,22,26H,6-7,14-15,17-18H2. The summed E-state index contributed by atoms with van der Waals surface area (Å²) in [4.78, 5) is 2.42. The molecule has 0 spiro atoms. The van der Waals surface area contributed by atoms with E-state index in [-0.39, 0.29) is 11.4 Å². The summed E-state index contributed by atoms with van der Waals surface area (Å²) in [7, 11) is -3.82. The van der Waals surface area contributed by atoms with Gasteiger partial charge in [0.15, 0.2) is 0 Å². The van der Waals surface area contributed by atoms with Gasteiger partial charge in [-0.05, 0) is 61.0 Å². The first-order chi connectivity index (χ1) is 14.0. The minimum atomic E-state index is -3.82. The van der Waals surface area contributed by atoms with E-state index in [4.69, 9.17) is 0 Å². The largest absolute Gasteiger partial charge is 0.390 e. The lowest BCUT2D eigenvalue weighted by Crippen LogP contribution is -2.42. The molecule has 0 aliphatic carbocycles. The molecule has 0 amide bonds. The van der Waals surface area contributed by atoms with E-state index >= 15 is 0 Å². The van der Waals surface area contributed by atoms with Crippen molar-refractivity contribution in [3.8, 4) is 0 Å². The average Bonchev–Trinajstić information content (AvgIpc) is 3.25. The third-order valence-corrected chi connectivity index (χ3v) is 7.19. The smallest absolute Gasteiger partial charge is 0.264 e. The van der Waals surface area contributed by atoms with Crippen LogP contribution in [0.2, 0.25) is 0 Å². The van der Waals surface area contributed by atoms with Gasteiger partial charge in [-0.25, -0.2) is 8.42 Å². The zero-order valence-electron chi connectivity index (χ0n) is 16.3. The zero-order chi connectivity index (χ0) is 20.3. The quantitative estimate of drug-likeness (QED) is 0.648. The van der Waals surface area contributed by atoms with Crippen molar-refractivity contribution < 1.29 is 13.5 Å². The minimum absolute atomic E-state index is 0.0235. The summed E-state index contributed by atoms with van der Waals surface area (Å²) in [5.41, 5.74) is 0.557. The molecule has 0 radical (unpaired) electrons. The molecule has 1 N–H and O–H groups in total. The summed E-state index contributed by atoms with van der Waals surface area (Å²) in [6, 6.07) is 21.9. The highest BCUT2D eigenvalue weighted by atomic mass is 32.2. The molecule has 3 aromatic rings. The Bertz CT molecular complexity index is 1060. The molecule has 0 saturated carbocycles. The zero-order valence-corrected chi connectivity index (χ0v) is 17.1. The van der Waals surface area contributed by atoms with Gasteiger partial charge in [0.25, 0.3) is 10.0 Å². The van der Waals surface area contributed by atoms with E-state index in [1.807, 2.05) is 48.5 Å². The maximum absolute atomic E-state index is 13.6. The van der Waals surface area contributed by atoms with Gasteiger partial charge in [-0.1, -0.05) is 48.5 Å². The van der Waals surface area contributed by atoms with Gasteiger partial charge in [-0.3, -0.25) is 4.31 Å². The van der Waals surface area contributed by atoms with E-state index in [9.17, 15) is 13.5 Å². The normalized spacial score (nSPS) is 16.2. The summed E-state index contributed by atoms with van der Waals surface area (Å²) >= 11 is 0. The fourth-order valence-electron chi connectivity index (χ4n) is 3.90. The molecule has 1 fully saturated rings. The van der Waals surface area contributed by atoms with Crippen molar-refractivity contribution in [2.75, 3.05) is 30.5 Å². The summed E-state index contributed by atoms with van der Waals surface area (Å²) in [6.45, 7) is 2.42. The van der Waals surface area contributed by atoms with Crippen LogP contribution in [0.3, 0.4) is 0 Å². The molecular weight excluding hydrogens is 384 g/mol. The topological polar surface area (TPSA) is 60.9 Å². The van der Waals surface area contributed by atoms with Crippen LogP contribution in [-0.4, -0.2) is 50.7 Å². The molecule has 1 unspecified atom stereocenters. The molecule has 1 aliphatic heterocycles. The van der Waals surface area contributed by atoms with Crippen molar-refractivity contribution in [1.29, 1.82) is 0 Å². The Morgan fingerprint density at radius 2 is 1.55 bits per heavy atom. The van der Waals surface area contributed by atoms with Gasteiger partial charge in [0.1, 0.15) is 0 Å². The molecule has 1 saturated heterocycles. The van der Waals surface area contributed by atoms with E-state index < -0.39 is 16.1 Å². The van der Waals surface area contributed by atoms with Gasteiger partial charge in [-0.2, -0.15) is 0 Å². The first-order valence-corrected chi connectivity index (χ1v) is 11.4. The lowest BCUT2D eigenvalue weighted by atomic mass is 10.1. The second kappa shape index (κ2) is 8.53. The van der Waals surface area contributed by atoms with E-state index in [0.717, 1.165) is 36.7 Å². The van der Waals surface area contributed by atoms with Crippen LogP contribution in [0.1, 0.15) is 12.8 Å². The maximum Gasteiger partial charge on any atom is 0.264 e. The molecule has 5 nitrogen and oxygen atoms in total. The number of β-amino-alcohol motifs (C(OH)–C–C–N with tert-alkyl or cyclic N) is 1. The number of aliphatic hydroxyl groups is 1. The van der Waals surface area contributed by atoms with Crippen LogP contribution in [-0.2, 0) is 10.0 Å². The fourth-order valence-corrected chi connectivity index (χ4v) is 5.44. The van der Waals surface area contributed by atoms with E-state index in [0.29, 0.717) is 12.2 Å². The Labute approximate surface area is 172 Å². The Morgan fingerprint density at radius 1 is 0.897 bits per heavy atom. The molecule has 3 aromatic carbocycles. The van der Waals surface area contributed by atoms with Crippen molar-refractivity contribution in [1.82, 2.24) is 4.90 Å². The number of para-hydroxylation sites is 1. The van der Waals surface area contributed by atoms with E-state index in [1.54, 1.807) is 24.3 Å². The van der Waals surface area contributed by atoms with Crippen LogP contribution in [0.25, 0.3) is 10.8 Å². The Hall–Kier alpha value is -2.41.